The second-order valence-corrected chi connectivity index (χ2v) is 4.63. The second kappa shape index (κ2) is 5.52. The lowest BCUT2D eigenvalue weighted by atomic mass is 10.1. The summed E-state index contributed by atoms with van der Waals surface area (Å²) in [5, 5.41) is 2.90. The first-order valence-corrected chi connectivity index (χ1v) is 6.20. The summed E-state index contributed by atoms with van der Waals surface area (Å²) in [4.78, 5) is 16.1. The summed E-state index contributed by atoms with van der Waals surface area (Å²) in [7, 11) is 0. The SMILES string of the molecule is CC(C)C(=O)Nc1ccccc1-c1ncccc1N. The Labute approximate surface area is 112 Å². The molecule has 0 aliphatic rings. The van der Waals surface area contributed by atoms with Gasteiger partial charge in [-0.25, -0.2) is 0 Å². The van der Waals surface area contributed by atoms with Crippen LogP contribution in [0.3, 0.4) is 0 Å². The van der Waals surface area contributed by atoms with Crippen LogP contribution in [0.15, 0.2) is 42.6 Å². The Morgan fingerprint density at radius 2 is 1.95 bits per heavy atom. The summed E-state index contributed by atoms with van der Waals surface area (Å²) in [5.74, 6) is -0.101. The zero-order valence-corrected chi connectivity index (χ0v) is 11.1. The van der Waals surface area contributed by atoms with Crippen molar-refractivity contribution in [2.45, 2.75) is 13.8 Å². The third kappa shape index (κ3) is 2.91. The van der Waals surface area contributed by atoms with Gasteiger partial charge in [0.2, 0.25) is 5.91 Å². The van der Waals surface area contributed by atoms with Crippen LogP contribution in [-0.2, 0) is 4.79 Å². The fraction of sp³-hybridized carbons (Fsp3) is 0.200. The van der Waals surface area contributed by atoms with E-state index in [-0.39, 0.29) is 11.8 Å². The Kier molecular flexibility index (Phi) is 3.80. The van der Waals surface area contributed by atoms with Crippen molar-refractivity contribution in [2.24, 2.45) is 5.92 Å². The number of nitrogens with one attached hydrogen (secondary N) is 1. The van der Waals surface area contributed by atoms with Gasteiger partial charge in [0, 0.05) is 17.7 Å². The highest BCUT2D eigenvalue weighted by molar-refractivity contribution is 5.97. The fourth-order valence-electron chi connectivity index (χ4n) is 1.72. The van der Waals surface area contributed by atoms with Gasteiger partial charge in [-0.15, -0.1) is 0 Å². The first-order chi connectivity index (χ1) is 9.09. The van der Waals surface area contributed by atoms with E-state index in [0.29, 0.717) is 11.4 Å². The summed E-state index contributed by atoms with van der Waals surface area (Å²) < 4.78 is 0. The molecule has 4 heteroatoms. The van der Waals surface area contributed by atoms with Crippen molar-refractivity contribution in [1.29, 1.82) is 0 Å². The highest BCUT2D eigenvalue weighted by atomic mass is 16.1. The molecule has 4 nitrogen and oxygen atoms in total. The summed E-state index contributed by atoms with van der Waals surface area (Å²) in [5.41, 5.74) is 8.77. The summed E-state index contributed by atoms with van der Waals surface area (Å²) in [6.45, 7) is 3.71. The number of nitrogen functional groups attached to an aromatic ring is 1. The Hall–Kier alpha value is -2.36. The van der Waals surface area contributed by atoms with E-state index in [0.717, 1.165) is 11.3 Å². The molecule has 0 atom stereocenters. The van der Waals surface area contributed by atoms with Crippen LogP contribution < -0.4 is 11.1 Å². The molecule has 0 saturated carbocycles. The zero-order valence-electron chi connectivity index (χ0n) is 11.1. The number of hydrogen-bond donors (Lipinski definition) is 2. The number of carbonyl (C=O) groups excluding carboxylic acids is 1. The van der Waals surface area contributed by atoms with Crippen LogP contribution in [0.1, 0.15) is 13.8 Å². The molecular formula is C15H17N3O. The van der Waals surface area contributed by atoms with E-state index in [1.165, 1.54) is 0 Å². The van der Waals surface area contributed by atoms with Crippen molar-refractivity contribution < 1.29 is 4.79 Å². The maximum atomic E-state index is 11.8. The van der Waals surface area contributed by atoms with Gasteiger partial charge in [0.25, 0.3) is 0 Å². The van der Waals surface area contributed by atoms with Gasteiger partial charge >= 0.3 is 0 Å². The van der Waals surface area contributed by atoms with Crippen molar-refractivity contribution in [1.82, 2.24) is 4.98 Å². The minimum absolute atomic E-state index is 0.0260. The first-order valence-electron chi connectivity index (χ1n) is 6.20. The molecular weight excluding hydrogens is 238 g/mol. The third-order valence-corrected chi connectivity index (χ3v) is 2.80. The van der Waals surface area contributed by atoms with Gasteiger partial charge in [0.05, 0.1) is 17.1 Å². The van der Waals surface area contributed by atoms with E-state index in [4.69, 9.17) is 5.73 Å². The van der Waals surface area contributed by atoms with Gasteiger partial charge in [-0.3, -0.25) is 9.78 Å². The van der Waals surface area contributed by atoms with Crippen molar-refractivity contribution in [2.75, 3.05) is 11.1 Å². The predicted octanol–water partition coefficient (Wildman–Crippen LogP) is 2.93. The smallest absolute Gasteiger partial charge is 0.226 e. The van der Waals surface area contributed by atoms with Crippen LogP contribution in [0, 0.1) is 5.92 Å². The molecule has 0 aliphatic heterocycles. The van der Waals surface area contributed by atoms with Crippen LogP contribution in [0.2, 0.25) is 0 Å². The number of rotatable bonds is 3. The molecule has 1 amide bonds. The minimum atomic E-state index is -0.0749. The molecule has 0 saturated heterocycles. The normalized spacial score (nSPS) is 10.5. The monoisotopic (exact) mass is 255 g/mol. The molecule has 1 aromatic carbocycles. The lowest BCUT2D eigenvalue weighted by Gasteiger charge is -2.13. The van der Waals surface area contributed by atoms with Gasteiger partial charge < -0.3 is 11.1 Å². The molecule has 0 radical (unpaired) electrons. The molecule has 2 aromatic rings. The Balaban J connectivity index is 2.42. The fourth-order valence-corrected chi connectivity index (χ4v) is 1.72. The molecule has 0 bridgehead atoms. The van der Waals surface area contributed by atoms with Gasteiger partial charge in [0.15, 0.2) is 0 Å². The number of benzene rings is 1. The average Bonchev–Trinajstić information content (AvgIpc) is 2.40. The highest BCUT2D eigenvalue weighted by Gasteiger charge is 2.12. The molecule has 0 spiro atoms. The number of pyridine rings is 1. The molecule has 1 heterocycles. The van der Waals surface area contributed by atoms with E-state index in [2.05, 4.69) is 10.3 Å². The molecule has 3 N–H and O–H groups in total. The number of amides is 1. The molecule has 1 aromatic heterocycles. The topological polar surface area (TPSA) is 68.0 Å². The molecule has 0 aliphatic carbocycles. The third-order valence-electron chi connectivity index (χ3n) is 2.80. The second-order valence-electron chi connectivity index (χ2n) is 4.63. The van der Waals surface area contributed by atoms with E-state index in [1.807, 2.05) is 38.1 Å². The molecule has 98 valence electrons. The number of nitrogens with two attached hydrogens (primary N) is 1. The van der Waals surface area contributed by atoms with Crippen molar-refractivity contribution in [3.63, 3.8) is 0 Å². The Morgan fingerprint density at radius 3 is 2.63 bits per heavy atom. The van der Waals surface area contributed by atoms with E-state index in [9.17, 15) is 4.79 Å². The van der Waals surface area contributed by atoms with Gasteiger partial charge in [0.1, 0.15) is 0 Å². The zero-order chi connectivity index (χ0) is 13.8. The molecule has 2 rings (SSSR count). The summed E-state index contributed by atoms with van der Waals surface area (Å²) >= 11 is 0. The Morgan fingerprint density at radius 1 is 1.21 bits per heavy atom. The number of para-hydroxylation sites is 1. The number of nitrogens with zero attached hydrogens (tertiary/aromatic N) is 1. The summed E-state index contributed by atoms with van der Waals surface area (Å²) in [6.07, 6.45) is 1.69. The Bertz CT molecular complexity index is 593. The highest BCUT2D eigenvalue weighted by Crippen LogP contribution is 2.30. The maximum Gasteiger partial charge on any atom is 0.226 e. The number of anilines is 2. The molecule has 0 fully saturated rings. The van der Waals surface area contributed by atoms with Gasteiger partial charge in [-0.05, 0) is 18.2 Å². The molecule has 19 heavy (non-hydrogen) atoms. The average molecular weight is 255 g/mol. The van der Waals surface area contributed by atoms with Crippen molar-refractivity contribution in [3.05, 3.63) is 42.6 Å². The minimum Gasteiger partial charge on any atom is -0.397 e. The lowest BCUT2D eigenvalue weighted by molar-refractivity contribution is -0.118. The van der Waals surface area contributed by atoms with Crippen LogP contribution >= 0.6 is 0 Å². The van der Waals surface area contributed by atoms with Crippen LogP contribution in [0.4, 0.5) is 11.4 Å². The number of carbonyl (C=O) groups is 1. The van der Waals surface area contributed by atoms with Crippen molar-refractivity contribution >= 4 is 17.3 Å². The van der Waals surface area contributed by atoms with E-state index in [1.54, 1.807) is 18.3 Å². The number of hydrogen-bond acceptors (Lipinski definition) is 3. The standard InChI is InChI=1S/C15H17N3O/c1-10(2)15(19)18-13-8-4-3-6-11(13)14-12(16)7-5-9-17-14/h3-10H,16H2,1-2H3,(H,18,19). The molecule has 0 unspecified atom stereocenters. The first kappa shape index (κ1) is 13.1. The lowest BCUT2D eigenvalue weighted by Crippen LogP contribution is -2.18. The van der Waals surface area contributed by atoms with E-state index < -0.39 is 0 Å². The largest absolute Gasteiger partial charge is 0.397 e. The van der Waals surface area contributed by atoms with E-state index >= 15 is 0 Å². The predicted molar refractivity (Wildman–Crippen MR) is 77.6 cm³/mol. The van der Waals surface area contributed by atoms with Crippen molar-refractivity contribution in [3.8, 4) is 11.3 Å². The van der Waals surface area contributed by atoms with Crippen LogP contribution in [0.5, 0.6) is 0 Å². The van der Waals surface area contributed by atoms with Gasteiger partial charge in [-0.2, -0.15) is 0 Å². The van der Waals surface area contributed by atoms with Crippen LogP contribution in [0.25, 0.3) is 11.3 Å². The van der Waals surface area contributed by atoms with Crippen LogP contribution in [-0.4, -0.2) is 10.9 Å². The van der Waals surface area contributed by atoms with Gasteiger partial charge in [-0.1, -0.05) is 32.0 Å². The quantitative estimate of drug-likeness (QED) is 0.886. The maximum absolute atomic E-state index is 11.8. The summed E-state index contributed by atoms with van der Waals surface area (Å²) in [6, 6.07) is 11.1. The number of aromatic nitrogens is 1.